The number of hydrogen-bond donors (Lipinski definition) is 1. The number of carbonyl (C=O) groups excluding carboxylic acids is 1. The Kier molecular flexibility index (Phi) is 8.20. The van der Waals surface area contributed by atoms with E-state index >= 15 is 0 Å². The van der Waals surface area contributed by atoms with Crippen LogP contribution in [-0.2, 0) is 4.79 Å². The fraction of sp³-hybridized carbons (Fsp3) is 0.941. The minimum atomic E-state index is -0.0392. The molecule has 3 atom stereocenters. The smallest absolute Gasteiger partial charge is 0.239 e. The summed E-state index contributed by atoms with van der Waals surface area (Å²) in [4.78, 5) is 14.2. The van der Waals surface area contributed by atoms with E-state index in [0.717, 1.165) is 19.0 Å². The Bertz CT molecular complexity index is 276. The summed E-state index contributed by atoms with van der Waals surface area (Å²) >= 11 is 0. The molecule has 3 unspecified atom stereocenters. The van der Waals surface area contributed by atoms with E-state index in [1.54, 1.807) is 0 Å². The van der Waals surface area contributed by atoms with Crippen molar-refractivity contribution in [2.24, 2.45) is 5.92 Å². The number of hydrogen-bond acceptors (Lipinski definition) is 2. The molecule has 0 aromatic heterocycles. The summed E-state index contributed by atoms with van der Waals surface area (Å²) in [5, 5.41) is 3.58. The zero-order chi connectivity index (χ0) is 15.0. The number of carbonyl (C=O) groups is 1. The molecule has 1 N–H and O–H groups in total. The molecule has 0 spiro atoms. The van der Waals surface area contributed by atoms with Crippen molar-refractivity contribution in [2.45, 2.75) is 84.7 Å². The second kappa shape index (κ2) is 9.38. The van der Waals surface area contributed by atoms with Crippen LogP contribution in [0.25, 0.3) is 0 Å². The van der Waals surface area contributed by atoms with Gasteiger partial charge in [-0.1, -0.05) is 32.6 Å². The number of nitrogens with one attached hydrogen (secondary N) is 1. The summed E-state index contributed by atoms with van der Waals surface area (Å²) in [6.45, 7) is 10.0. The first-order chi connectivity index (χ1) is 9.62. The van der Waals surface area contributed by atoms with Crippen LogP contribution in [0.15, 0.2) is 0 Å². The summed E-state index contributed by atoms with van der Waals surface area (Å²) in [5.74, 6) is 1.17. The third-order valence-corrected chi connectivity index (χ3v) is 4.72. The second-order valence-corrected chi connectivity index (χ2v) is 6.26. The van der Waals surface area contributed by atoms with Gasteiger partial charge in [0.2, 0.25) is 5.91 Å². The standard InChI is InChI=1S/C17H34N2O/c1-5-9-15-10-8-11-16(13-12-15)18-14(4)17(20)19(6-2)7-3/h14-16,18H,5-13H2,1-4H3. The van der Waals surface area contributed by atoms with Crippen molar-refractivity contribution in [1.82, 2.24) is 10.2 Å². The summed E-state index contributed by atoms with van der Waals surface area (Å²) in [5.41, 5.74) is 0. The molecule has 0 bridgehead atoms. The topological polar surface area (TPSA) is 32.3 Å². The number of likely N-dealkylation sites (N-methyl/N-ethyl adjacent to an activating group) is 1. The van der Waals surface area contributed by atoms with Gasteiger partial charge in [-0.2, -0.15) is 0 Å². The molecule has 3 heteroatoms. The minimum absolute atomic E-state index is 0.0392. The average Bonchev–Trinajstić information content (AvgIpc) is 2.66. The van der Waals surface area contributed by atoms with Crippen LogP contribution in [0.3, 0.4) is 0 Å². The van der Waals surface area contributed by atoms with Gasteiger partial charge in [0.15, 0.2) is 0 Å². The third-order valence-electron chi connectivity index (χ3n) is 4.72. The molecule has 1 aliphatic rings. The Hall–Kier alpha value is -0.570. The number of amides is 1. The minimum Gasteiger partial charge on any atom is -0.342 e. The van der Waals surface area contributed by atoms with Gasteiger partial charge in [0, 0.05) is 19.1 Å². The van der Waals surface area contributed by atoms with Crippen molar-refractivity contribution in [3.63, 3.8) is 0 Å². The summed E-state index contributed by atoms with van der Waals surface area (Å²) in [7, 11) is 0. The SMILES string of the molecule is CCCC1CCCC(NC(C)C(=O)N(CC)CC)CC1. The Labute approximate surface area is 125 Å². The van der Waals surface area contributed by atoms with Gasteiger partial charge >= 0.3 is 0 Å². The highest BCUT2D eigenvalue weighted by Gasteiger charge is 2.23. The van der Waals surface area contributed by atoms with Crippen LogP contribution in [-0.4, -0.2) is 36.0 Å². The van der Waals surface area contributed by atoms with E-state index in [-0.39, 0.29) is 11.9 Å². The van der Waals surface area contributed by atoms with E-state index in [2.05, 4.69) is 26.1 Å². The molecule has 0 aromatic rings. The Morgan fingerprint density at radius 1 is 1.15 bits per heavy atom. The number of nitrogens with zero attached hydrogens (tertiary/aromatic N) is 1. The van der Waals surface area contributed by atoms with Crippen molar-refractivity contribution < 1.29 is 4.79 Å². The molecule has 1 amide bonds. The average molecular weight is 282 g/mol. The molecule has 3 nitrogen and oxygen atoms in total. The maximum atomic E-state index is 12.3. The third kappa shape index (κ3) is 5.43. The van der Waals surface area contributed by atoms with E-state index < -0.39 is 0 Å². The normalized spacial score (nSPS) is 25.0. The molecule has 20 heavy (non-hydrogen) atoms. The maximum Gasteiger partial charge on any atom is 0.239 e. The first kappa shape index (κ1) is 17.5. The van der Waals surface area contributed by atoms with Gasteiger partial charge in [-0.25, -0.2) is 0 Å². The molecule has 1 saturated carbocycles. The summed E-state index contributed by atoms with van der Waals surface area (Å²) < 4.78 is 0. The lowest BCUT2D eigenvalue weighted by Crippen LogP contribution is -2.48. The van der Waals surface area contributed by atoms with E-state index in [9.17, 15) is 4.79 Å². The molecule has 0 radical (unpaired) electrons. The largest absolute Gasteiger partial charge is 0.342 e. The first-order valence-electron chi connectivity index (χ1n) is 8.67. The highest BCUT2D eigenvalue weighted by Crippen LogP contribution is 2.26. The van der Waals surface area contributed by atoms with Crippen LogP contribution >= 0.6 is 0 Å². The monoisotopic (exact) mass is 282 g/mol. The lowest BCUT2D eigenvalue weighted by molar-refractivity contribution is -0.132. The zero-order valence-electron chi connectivity index (χ0n) is 14.0. The lowest BCUT2D eigenvalue weighted by Gasteiger charge is -2.27. The predicted octanol–water partition coefficient (Wildman–Crippen LogP) is 3.58. The zero-order valence-corrected chi connectivity index (χ0v) is 14.0. The molecule has 1 rings (SSSR count). The Morgan fingerprint density at radius 2 is 1.85 bits per heavy atom. The van der Waals surface area contributed by atoms with E-state index in [4.69, 9.17) is 0 Å². The van der Waals surface area contributed by atoms with Crippen LogP contribution < -0.4 is 5.32 Å². The Morgan fingerprint density at radius 3 is 2.45 bits per heavy atom. The maximum absolute atomic E-state index is 12.3. The highest BCUT2D eigenvalue weighted by atomic mass is 16.2. The van der Waals surface area contributed by atoms with Gasteiger partial charge in [0.1, 0.15) is 0 Å². The van der Waals surface area contributed by atoms with E-state index in [1.165, 1.54) is 44.9 Å². The van der Waals surface area contributed by atoms with Crippen LogP contribution in [0.4, 0.5) is 0 Å². The van der Waals surface area contributed by atoms with Gasteiger partial charge < -0.3 is 10.2 Å². The van der Waals surface area contributed by atoms with Crippen molar-refractivity contribution in [3.8, 4) is 0 Å². The quantitative estimate of drug-likeness (QED) is 0.724. The van der Waals surface area contributed by atoms with E-state index in [1.807, 2.05) is 11.8 Å². The molecule has 1 aliphatic carbocycles. The molecule has 0 aromatic carbocycles. The lowest BCUT2D eigenvalue weighted by atomic mass is 9.95. The summed E-state index contributed by atoms with van der Waals surface area (Å²) in [6, 6.07) is 0.494. The van der Waals surface area contributed by atoms with Crippen LogP contribution in [0.2, 0.25) is 0 Å². The molecule has 0 heterocycles. The van der Waals surface area contributed by atoms with Crippen molar-refractivity contribution >= 4 is 5.91 Å². The van der Waals surface area contributed by atoms with Crippen LogP contribution in [0.5, 0.6) is 0 Å². The molecular weight excluding hydrogens is 248 g/mol. The fourth-order valence-corrected chi connectivity index (χ4v) is 3.48. The van der Waals surface area contributed by atoms with Crippen molar-refractivity contribution in [1.29, 1.82) is 0 Å². The van der Waals surface area contributed by atoms with Gasteiger partial charge in [-0.05, 0) is 46.0 Å². The molecular formula is C17H34N2O. The van der Waals surface area contributed by atoms with Gasteiger partial charge in [0.05, 0.1) is 6.04 Å². The molecule has 0 saturated heterocycles. The van der Waals surface area contributed by atoms with Crippen molar-refractivity contribution in [3.05, 3.63) is 0 Å². The van der Waals surface area contributed by atoms with E-state index in [0.29, 0.717) is 6.04 Å². The van der Waals surface area contributed by atoms with Gasteiger partial charge in [-0.15, -0.1) is 0 Å². The fourth-order valence-electron chi connectivity index (χ4n) is 3.48. The van der Waals surface area contributed by atoms with Crippen LogP contribution in [0, 0.1) is 5.92 Å². The van der Waals surface area contributed by atoms with Gasteiger partial charge in [0.25, 0.3) is 0 Å². The van der Waals surface area contributed by atoms with Crippen molar-refractivity contribution in [2.75, 3.05) is 13.1 Å². The van der Waals surface area contributed by atoms with Gasteiger partial charge in [-0.3, -0.25) is 4.79 Å². The Balaban J connectivity index is 2.41. The van der Waals surface area contributed by atoms with Crippen LogP contribution in [0.1, 0.15) is 72.6 Å². The molecule has 0 aliphatic heterocycles. The second-order valence-electron chi connectivity index (χ2n) is 6.26. The summed E-state index contributed by atoms with van der Waals surface area (Å²) in [6.07, 6.45) is 9.17. The molecule has 1 fully saturated rings. The molecule has 118 valence electrons. The predicted molar refractivity (Wildman–Crippen MR) is 85.8 cm³/mol. The highest BCUT2D eigenvalue weighted by molar-refractivity contribution is 5.81. The first-order valence-corrected chi connectivity index (χ1v) is 8.67. The number of rotatable bonds is 7.